The Hall–Kier alpha value is -1.11. The Labute approximate surface area is 167 Å². The molecule has 0 saturated carbocycles. The number of nitrogens with zero attached hydrogens (tertiary/aromatic N) is 3. The van der Waals surface area contributed by atoms with Crippen molar-refractivity contribution in [2.75, 3.05) is 39.1 Å². The van der Waals surface area contributed by atoms with E-state index in [1.807, 2.05) is 13.1 Å². The molecule has 4 nitrogen and oxygen atoms in total. The van der Waals surface area contributed by atoms with Crippen molar-refractivity contribution in [3.63, 3.8) is 0 Å². The Morgan fingerprint density at radius 3 is 2.59 bits per heavy atom. The van der Waals surface area contributed by atoms with E-state index in [1.165, 1.54) is 12.8 Å². The molecule has 1 N–H and O–H groups in total. The summed E-state index contributed by atoms with van der Waals surface area (Å²) in [6.45, 7) is 4.33. The number of thioether (sulfide) groups is 1. The smallest absolute Gasteiger partial charge is 0.124 e. The van der Waals surface area contributed by atoms with Crippen molar-refractivity contribution in [2.24, 2.45) is 5.10 Å². The second-order valence-corrected chi connectivity index (χ2v) is 8.48. The van der Waals surface area contributed by atoms with Gasteiger partial charge >= 0.3 is 0 Å². The second kappa shape index (κ2) is 11.0. The predicted molar refractivity (Wildman–Crippen MR) is 114 cm³/mol. The maximum Gasteiger partial charge on any atom is 0.124 e. The molecule has 0 spiro atoms. The molecule has 3 rings (SSSR count). The predicted octanol–water partition coefficient (Wildman–Crippen LogP) is 3.94. The lowest BCUT2D eigenvalue weighted by atomic mass is 10.00. The van der Waals surface area contributed by atoms with Crippen LogP contribution in [-0.4, -0.2) is 66.2 Å². The van der Waals surface area contributed by atoms with Gasteiger partial charge in [-0.25, -0.2) is 4.39 Å². The summed E-state index contributed by atoms with van der Waals surface area (Å²) in [5.74, 6) is 0.967. The quantitative estimate of drug-likeness (QED) is 0.467. The molecule has 27 heavy (non-hydrogen) atoms. The van der Waals surface area contributed by atoms with Crippen LogP contribution in [0.1, 0.15) is 44.1 Å². The Balaban J connectivity index is 1.45. The molecule has 2 aliphatic heterocycles. The van der Waals surface area contributed by atoms with E-state index >= 15 is 0 Å². The molecule has 150 valence electrons. The zero-order chi connectivity index (χ0) is 18.9. The normalized spacial score (nSPS) is 24.4. The largest absolute Gasteiger partial charge is 0.312 e. The number of halogens is 1. The number of hydrazone groups is 1. The first-order chi connectivity index (χ1) is 13.3. The summed E-state index contributed by atoms with van der Waals surface area (Å²) < 4.78 is 13.8. The molecular weight excluding hydrogens is 359 g/mol. The van der Waals surface area contributed by atoms with Gasteiger partial charge < -0.3 is 10.3 Å². The van der Waals surface area contributed by atoms with Crippen LogP contribution >= 0.6 is 11.8 Å². The van der Waals surface area contributed by atoms with Gasteiger partial charge in [-0.1, -0.05) is 42.1 Å². The summed E-state index contributed by atoms with van der Waals surface area (Å²) >= 11 is 1.80. The van der Waals surface area contributed by atoms with E-state index in [0.717, 1.165) is 68.3 Å². The highest BCUT2D eigenvalue weighted by atomic mass is 32.2. The van der Waals surface area contributed by atoms with Crippen LogP contribution in [0.5, 0.6) is 0 Å². The van der Waals surface area contributed by atoms with E-state index in [1.54, 1.807) is 11.8 Å². The lowest BCUT2D eigenvalue weighted by Gasteiger charge is -2.39. The van der Waals surface area contributed by atoms with Crippen molar-refractivity contribution in [3.8, 4) is 0 Å². The average molecular weight is 393 g/mol. The van der Waals surface area contributed by atoms with Crippen LogP contribution in [-0.2, 0) is 0 Å². The van der Waals surface area contributed by atoms with Gasteiger partial charge in [-0.15, -0.1) is 0 Å². The molecule has 0 radical (unpaired) electrons. The molecule has 2 fully saturated rings. The summed E-state index contributed by atoms with van der Waals surface area (Å²) in [5.41, 5.74) is 4.09. The highest BCUT2D eigenvalue weighted by molar-refractivity contribution is 8.14. The van der Waals surface area contributed by atoms with Gasteiger partial charge in [0, 0.05) is 38.3 Å². The summed E-state index contributed by atoms with van der Waals surface area (Å²) in [5, 5.41) is 5.49. The van der Waals surface area contributed by atoms with Gasteiger partial charge in [0.05, 0.1) is 5.88 Å². The molecule has 1 aromatic carbocycles. The first-order valence-electron chi connectivity index (χ1n) is 10.3. The van der Waals surface area contributed by atoms with Crippen LogP contribution in [0.4, 0.5) is 4.39 Å². The molecule has 0 aromatic heterocycles. The van der Waals surface area contributed by atoms with Crippen LogP contribution in [0.25, 0.3) is 0 Å². The number of nitrogens with one attached hydrogen (secondary N) is 1. The number of alkyl halides is 1. The Bertz CT molecular complexity index is 575. The SMILES string of the molecule is CN/N=C(\SCN1CCC(N2CCCCC(F)CC2)CC1)c1ccccc1. The molecule has 0 bridgehead atoms. The Kier molecular flexibility index (Phi) is 8.42. The van der Waals surface area contributed by atoms with Crippen LogP contribution in [0, 0.1) is 0 Å². The number of hydrogen-bond acceptors (Lipinski definition) is 5. The van der Waals surface area contributed by atoms with E-state index in [4.69, 9.17) is 0 Å². The van der Waals surface area contributed by atoms with Crippen molar-refractivity contribution >= 4 is 16.8 Å². The van der Waals surface area contributed by atoms with Gasteiger partial charge in [0.2, 0.25) is 0 Å². The zero-order valence-corrected chi connectivity index (χ0v) is 17.3. The van der Waals surface area contributed by atoms with Crippen LogP contribution in [0.15, 0.2) is 35.4 Å². The molecule has 0 amide bonds. The topological polar surface area (TPSA) is 30.9 Å². The average Bonchev–Trinajstić information content (AvgIpc) is 2.70. The van der Waals surface area contributed by atoms with E-state index in [-0.39, 0.29) is 0 Å². The fraction of sp³-hybridized carbons (Fsp3) is 0.667. The van der Waals surface area contributed by atoms with Gasteiger partial charge in [0.1, 0.15) is 11.2 Å². The molecule has 1 aromatic rings. The first kappa shape index (κ1) is 20.6. The maximum atomic E-state index is 13.8. The third kappa shape index (κ3) is 6.47. The van der Waals surface area contributed by atoms with E-state index in [9.17, 15) is 4.39 Å². The number of likely N-dealkylation sites (tertiary alicyclic amines) is 2. The first-order valence-corrected chi connectivity index (χ1v) is 11.3. The summed E-state index contributed by atoms with van der Waals surface area (Å²) in [6.07, 6.45) is 5.48. The van der Waals surface area contributed by atoms with Crippen LogP contribution in [0.3, 0.4) is 0 Å². The van der Waals surface area contributed by atoms with Gasteiger partial charge in [-0.3, -0.25) is 4.90 Å². The van der Waals surface area contributed by atoms with Crippen LogP contribution in [0.2, 0.25) is 0 Å². The fourth-order valence-electron chi connectivity index (χ4n) is 4.04. The van der Waals surface area contributed by atoms with Crippen molar-refractivity contribution < 1.29 is 4.39 Å². The van der Waals surface area contributed by atoms with E-state index < -0.39 is 6.17 Å². The van der Waals surface area contributed by atoms with Crippen molar-refractivity contribution in [1.82, 2.24) is 15.2 Å². The van der Waals surface area contributed by atoms with E-state index in [0.29, 0.717) is 6.04 Å². The lowest BCUT2D eigenvalue weighted by molar-refractivity contribution is 0.0962. The summed E-state index contributed by atoms with van der Waals surface area (Å²) in [6, 6.07) is 11.0. The monoisotopic (exact) mass is 392 g/mol. The van der Waals surface area contributed by atoms with Crippen molar-refractivity contribution in [3.05, 3.63) is 35.9 Å². The number of rotatable bonds is 5. The Morgan fingerprint density at radius 1 is 1.07 bits per heavy atom. The van der Waals surface area contributed by atoms with Gasteiger partial charge in [-0.05, 0) is 45.1 Å². The maximum absolute atomic E-state index is 13.8. The highest BCUT2D eigenvalue weighted by Gasteiger charge is 2.26. The summed E-state index contributed by atoms with van der Waals surface area (Å²) in [4.78, 5) is 5.09. The van der Waals surface area contributed by atoms with Gasteiger partial charge in [0.25, 0.3) is 0 Å². The van der Waals surface area contributed by atoms with E-state index in [2.05, 4.69) is 44.6 Å². The van der Waals surface area contributed by atoms with Gasteiger partial charge in [-0.2, -0.15) is 5.10 Å². The molecule has 2 heterocycles. The van der Waals surface area contributed by atoms with Crippen molar-refractivity contribution in [1.29, 1.82) is 0 Å². The van der Waals surface area contributed by atoms with Gasteiger partial charge in [0.15, 0.2) is 0 Å². The minimum atomic E-state index is -0.591. The number of hydrogen-bond donors (Lipinski definition) is 1. The van der Waals surface area contributed by atoms with Crippen molar-refractivity contribution in [2.45, 2.75) is 50.7 Å². The fourth-order valence-corrected chi connectivity index (χ4v) is 5.06. The molecule has 2 aliphatic rings. The molecular formula is C21H33FN4S. The molecule has 0 aliphatic carbocycles. The highest BCUT2D eigenvalue weighted by Crippen LogP contribution is 2.23. The standard InChI is InChI=1S/C21H33FN4S/c1-23-24-21(18-7-3-2-4-8-18)27-17-25-14-11-20(12-15-25)26-13-6-5-9-19(22)10-16-26/h2-4,7-8,19-20,23H,5-6,9-17H2,1H3/b24-21-. The lowest BCUT2D eigenvalue weighted by Crippen LogP contribution is -2.46. The minimum Gasteiger partial charge on any atom is -0.312 e. The molecule has 1 unspecified atom stereocenters. The molecule has 6 heteroatoms. The number of benzene rings is 1. The molecule has 1 atom stereocenters. The Morgan fingerprint density at radius 2 is 1.85 bits per heavy atom. The third-order valence-corrected chi connectivity index (χ3v) is 6.73. The minimum absolute atomic E-state index is 0.591. The second-order valence-electron chi connectivity index (χ2n) is 7.55. The summed E-state index contributed by atoms with van der Waals surface area (Å²) in [7, 11) is 1.85. The third-order valence-electron chi connectivity index (χ3n) is 5.63. The molecule has 2 saturated heterocycles. The zero-order valence-electron chi connectivity index (χ0n) is 16.4. The number of piperidine rings is 1. The van der Waals surface area contributed by atoms with Crippen LogP contribution < -0.4 is 5.43 Å².